The van der Waals surface area contributed by atoms with Crippen LogP contribution < -0.4 is 0 Å². The zero-order valence-corrected chi connectivity index (χ0v) is 17.6. The topological polar surface area (TPSA) is 98.6 Å². The second kappa shape index (κ2) is 8.36. The Morgan fingerprint density at radius 1 is 1.24 bits per heavy atom. The van der Waals surface area contributed by atoms with Crippen LogP contribution in [0.15, 0.2) is 30.3 Å². The fourth-order valence-corrected chi connectivity index (χ4v) is 5.43. The number of sulfone groups is 1. The van der Waals surface area contributed by atoms with Crippen LogP contribution in [0.1, 0.15) is 35.1 Å². The number of ether oxygens (including phenoxy) is 1. The SMILES string of the molecule is CCN(C(=O)COC(=O)c1c(C)nn(-c2ccccc2)c1C)[C@@H]1CCS(=O)(=O)C1. The number of amides is 1. The normalized spacial score (nSPS) is 17.8. The van der Waals surface area contributed by atoms with E-state index in [-0.39, 0.29) is 17.5 Å². The first-order valence-corrected chi connectivity index (χ1v) is 11.3. The molecule has 0 N–H and O–H groups in total. The van der Waals surface area contributed by atoms with Crippen molar-refractivity contribution in [3.05, 3.63) is 47.3 Å². The smallest absolute Gasteiger partial charge is 0.342 e. The monoisotopic (exact) mass is 419 g/mol. The highest BCUT2D eigenvalue weighted by Gasteiger charge is 2.34. The summed E-state index contributed by atoms with van der Waals surface area (Å²) in [5.41, 5.74) is 2.29. The molecule has 156 valence electrons. The molecule has 0 aliphatic carbocycles. The number of carbonyl (C=O) groups is 2. The van der Waals surface area contributed by atoms with Crippen LogP contribution in [0, 0.1) is 13.8 Å². The Kier molecular flexibility index (Phi) is 6.07. The molecule has 1 aliphatic rings. The van der Waals surface area contributed by atoms with E-state index in [2.05, 4.69) is 5.10 Å². The van der Waals surface area contributed by atoms with Crippen molar-refractivity contribution in [2.24, 2.45) is 0 Å². The Bertz CT molecular complexity index is 1010. The minimum Gasteiger partial charge on any atom is -0.452 e. The van der Waals surface area contributed by atoms with E-state index in [1.54, 1.807) is 25.5 Å². The zero-order valence-electron chi connectivity index (χ0n) is 16.8. The van der Waals surface area contributed by atoms with Crippen LogP contribution in [0.25, 0.3) is 5.69 Å². The van der Waals surface area contributed by atoms with Crippen molar-refractivity contribution in [1.29, 1.82) is 0 Å². The molecular formula is C20H25N3O5S. The largest absolute Gasteiger partial charge is 0.452 e. The molecule has 1 aliphatic heterocycles. The van der Waals surface area contributed by atoms with Crippen molar-refractivity contribution in [3.8, 4) is 5.69 Å². The van der Waals surface area contributed by atoms with Gasteiger partial charge >= 0.3 is 5.97 Å². The lowest BCUT2D eigenvalue weighted by molar-refractivity contribution is -0.136. The first kappa shape index (κ1) is 21.0. The molecule has 0 radical (unpaired) electrons. The summed E-state index contributed by atoms with van der Waals surface area (Å²) in [5.74, 6) is -0.972. The predicted octanol–water partition coefficient (Wildman–Crippen LogP) is 1.68. The van der Waals surface area contributed by atoms with E-state index in [1.165, 1.54) is 4.90 Å². The van der Waals surface area contributed by atoms with Gasteiger partial charge in [-0.25, -0.2) is 17.9 Å². The van der Waals surface area contributed by atoms with Gasteiger partial charge in [0.15, 0.2) is 16.4 Å². The van der Waals surface area contributed by atoms with Gasteiger partial charge < -0.3 is 9.64 Å². The van der Waals surface area contributed by atoms with Crippen LogP contribution in [0.3, 0.4) is 0 Å². The summed E-state index contributed by atoms with van der Waals surface area (Å²) >= 11 is 0. The van der Waals surface area contributed by atoms with Gasteiger partial charge in [-0.2, -0.15) is 5.10 Å². The number of nitrogens with zero attached hydrogens (tertiary/aromatic N) is 3. The quantitative estimate of drug-likeness (QED) is 0.661. The summed E-state index contributed by atoms with van der Waals surface area (Å²) in [6.45, 7) is 5.20. The van der Waals surface area contributed by atoms with Gasteiger partial charge in [0.05, 0.1) is 28.6 Å². The van der Waals surface area contributed by atoms with Crippen molar-refractivity contribution in [1.82, 2.24) is 14.7 Å². The summed E-state index contributed by atoms with van der Waals surface area (Å²) in [5, 5.41) is 4.41. The van der Waals surface area contributed by atoms with E-state index in [4.69, 9.17) is 4.74 Å². The van der Waals surface area contributed by atoms with Crippen molar-refractivity contribution in [2.45, 2.75) is 33.2 Å². The average Bonchev–Trinajstić information content (AvgIpc) is 3.19. The van der Waals surface area contributed by atoms with E-state index < -0.39 is 28.3 Å². The summed E-state index contributed by atoms with van der Waals surface area (Å²) in [6, 6.07) is 9.06. The molecule has 1 atom stereocenters. The molecule has 1 amide bonds. The number of carbonyl (C=O) groups excluding carboxylic acids is 2. The number of aromatic nitrogens is 2. The maximum atomic E-state index is 12.6. The molecule has 0 spiro atoms. The molecule has 0 unspecified atom stereocenters. The molecule has 1 saturated heterocycles. The van der Waals surface area contributed by atoms with Gasteiger partial charge in [0.1, 0.15) is 5.56 Å². The third-order valence-electron chi connectivity index (χ3n) is 5.13. The lowest BCUT2D eigenvalue weighted by Gasteiger charge is -2.26. The van der Waals surface area contributed by atoms with Crippen molar-refractivity contribution in [3.63, 3.8) is 0 Å². The van der Waals surface area contributed by atoms with Crippen LogP contribution >= 0.6 is 0 Å². The molecular weight excluding hydrogens is 394 g/mol. The van der Waals surface area contributed by atoms with Crippen LogP contribution in [0.4, 0.5) is 0 Å². The second-order valence-electron chi connectivity index (χ2n) is 7.11. The summed E-state index contributed by atoms with van der Waals surface area (Å²) in [7, 11) is -3.11. The predicted molar refractivity (Wildman–Crippen MR) is 108 cm³/mol. The Morgan fingerprint density at radius 2 is 1.93 bits per heavy atom. The summed E-state index contributed by atoms with van der Waals surface area (Å²) in [6.07, 6.45) is 0.415. The Balaban J connectivity index is 1.69. The van der Waals surface area contributed by atoms with Gasteiger partial charge in [-0.15, -0.1) is 0 Å². The standard InChI is InChI=1S/C20H25N3O5S/c1-4-22(17-10-11-29(26,27)13-17)18(24)12-28-20(25)19-14(2)21-23(15(19)3)16-8-6-5-7-9-16/h5-9,17H,4,10-13H2,1-3H3/t17-/m1/s1. The molecule has 8 nitrogen and oxygen atoms in total. The first-order chi connectivity index (χ1) is 13.7. The average molecular weight is 420 g/mol. The van der Waals surface area contributed by atoms with Gasteiger partial charge in [0, 0.05) is 12.6 Å². The lowest BCUT2D eigenvalue weighted by Crippen LogP contribution is -2.43. The van der Waals surface area contributed by atoms with E-state index >= 15 is 0 Å². The van der Waals surface area contributed by atoms with Crippen LogP contribution in [0.2, 0.25) is 0 Å². The van der Waals surface area contributed by atoms with Gasteiger partial charge in [0.2, 0.25) is 0 Å². The zero-order chi connectivity index (χ0) is 21.2. The number of rotatable bonds is 6. The number of para-hydroxylation sites is 1. The maximum Gasteiger partial charge on any atom is 0.342 e. The highest BCUT2D eigenvalue weighted by molar-refractivity contribution is 7.91. The molecule has 1 aromatic carbocycles. The molecule has 1 fully saturated rings. The number of hydrogen-bond donors (Lipinski definition) is 0. The molecule has 0 saturated carbocycles. The van der Waals surface area contributed by atoms with Gasteiger partial charge in [-0.1, -0.05) is 18.2 Å². The lowest BCUT2D eigenvalue weighted by atomic mass is 10.2. The molecule has 1 aromatic heterocycles. The fourth-order valence-electron chi connectivity index (χ4n) is 3.70. The third-order valence-corrected chi connectivity index (χ3v) is 6.88. The van der Waals surface area contributed by atoms with Crippen molar-refractivity contribution < 1.29 is 22.7 Å². The number of likely N-dealkylation sites (N-methyl/N-ethyl adjacent to an activating group) is 1. The van der Waals surface area contributed by atoms with Crippen LogP contribution in [0.5, 0.6) is 0 Å². The molecule has 3 rings (SSSR count). The van der Waals surface area contributed by atoms with E-state index in [0.29, 0.717) is 29.9 Å². The summed E-state index contributed by atoms with van der Waals surface area (Å²) < 4.78 is 30.3. The minimum absolute atomic E-state index is 0.0391. The third kappa shape index (κ3) is 4.50. The van der Waals surface area contributed by atoms with Crippen molar-refractivity contribution >= 4 is 21.7 Å². The number of esters is 1. The van der Waals surface area contributed by atoms with E-state index in [0.717, 1.165) is 5.69 Å². The van der Waals surface area contributed by atoms with Gasteiger partial charge in [-0.05, 0) is 39.3 Å². The first-order valence-electron chi connectivity index (χ1n) is 9.52. The number of hydrogen-bond acceptors (Lipinski definition) is 6. The molecule has 9 heteroatoms. The molecule has 29 heavy (non-hydrogen) atoms. The molecule has 0 bridgehead atoms. The van der Waals surface area contributed by atoms with Crippen LogP contribution in [-0.2, 0) is 19.4 Å². The second-order valence-corrected chi connectivity index (χ2v) is 9.33. The Hall–Kier alpha value is -2.68. The van der Waals surface area contributed by atoms with Gasteiger partial charge in [-0.3, -0.25) is 4.79 Å². The van der Waals surface area contributed by atoms with Gasteiger partial charge in [0.25, 0.3) is 5.91 Å². The fraction of sp³-hybridized carbons (Fsp3) is 0.450. The minimum atomic E-state index is -3.11. The van der Waals surface area contributed by atoms with E-state index in [9.17, 15) is 18.0 Å². The highest BCUT2D eigenvalue weighted by atomic mass is 32.2. The van der Waals surface area contributed by atoms with Crippen molar-refractivity contribution in [2.75, 3.05) is 24.7 Å². The van der Waals surface area contributed by atoms with E-state index in [1.807, 2.05) is 30.3 Å². The highest BCUT2D eigenvalue weighted by Crippen LogP contribution is 2.20. The van der Waals surface area contributed by atoms with Crippen LogP contribution in [-0.4, -0.2) is 65.7 Å². The number of aryl methyl sites for hydroxylation is 1. The molecule has 2 heterocycles. The molecule has 2 aromatic rings. The number of benzene rings is 1. The Labute approximate surface area is 170 Å². The summed E-state index contributed by atoms with van der Waals surface area (Å²) in [4.78, 5) is 26.6. The Morgan fingerprint density at radius 3 is 2.52 bits per heavy atom. The maximum absolute atomic E-state index is 12.6.